The number of pyridine rings is 1. The van der Waals surface area contributed by atoms with Gasteiger partial charge in [0.2, 0.25) is 0 Å². The van der Waals surface area contributed by atoms with Gasteiger partial charge < -0.3 is 4.42 Å². The average molecular weight is 436 g/mol. The van der Waals surface area contributed by atoms with Crippen LogP contribution in [0, 0.1) is 5.92 Å². The Labute approximate surface area is 194 Å². The fourth-order valence-electron chi connectivity index (χ4n) is 4.46. The van der Waals surface area contributed by atoms with Crippen molar-refractivity contribution in [3.63, 3.8) is 0 Å². The number of fused-ring (bicyclic) bond motifs is 2. The van der Waals surface area contributed by atoms with E-state index in [1.165, 1.54) is 21.9 Å². The molecule has 3 aromatic heterocycles. The Hall–Kier alpha value is -3.53. The molecule has 2 aromatic carbocycles. The summed E-state index contributed by atoms with van der Waals surface area (Å²) in [5.41, 5.74) is 6.98. The van der Waals surface area contributed by atoms with Crippen LogP contribution in [0.25, 0.3) is 44.4 Å². The van der Waals surface area contributed by atoms with Gasteiger partial charge in [-0.05, 0) is 63.9 Å². The quantitative estimate of drug-likeness (QED) is 0.292. The van der Waals surface area contributed by atoms with Crippen LogP contribution in [-0.4, -0.2) is 15.0 Å². The lowest BCUT2D eigenvalue weighted by Gasteiger charge is -2.22. The van der Waals surface area contributed by atoms with E-state index in [1.807, 2.05) is 12.3 Å². The molecule has 0 radical (unpaired) electrons. The molecule has 0 bridgehead atoms. The number of nitrogens with zero attached hydrogens (tertiary/aromatic N) is 3. The average Bonchev–Trinajstić information content (AvgIpc) is 3.19. The van der Waals surface area contributed by atoms with Crippen molar-refractivity contribution in [2.24, 2.45) is 5.92 Å². The lowest BCUT2D eigenvalue weighted by molar-refractivity contribution is 0.593. The molecule has 0 unspecified atom stereocenters. The number of aromatic nitrogens is 3. The predicted octanol–water partition coefficient (Wildman–Crippen LogP) is 7.60. The molecule has 0 aliphatic heterocycles. The summed E-state index contributed by atoms with van der Waals surface area (Å²) in [6.45, 7) is 11.2. The molecule has 4 nitrogen and oxygen atoms in total. The first-order valence-corrected chi connectivity index (χ1v) is 11.5. The van der Waals surface area contributed by atoms with Crippen LogP contribution in [-0.2, 0) is 11.8 Å². The predicted molar refractivity (Wildman–Crippen MR) is 135 cm³/mol. The first-order valence-electron chi connectivity index (χ1n) is 11.5. The molecule has 166 valence electrons. The molecule has 5 rings (SSSR count). The molecule has 0 N–H and O–H groups in total. The van der Waals surface area contributed by atoms with E-state index in [1.54, 1.807) is 12.5 Å². The molecule has 33 heavy (non-hydrogen) atoms. The first kappa shape index (κ1) is 21.3. The van der Waals surface area contributed by atoms with E-state index < -0.39 is 0 Å². The van der Waals surface area contributed by atoms with E-state index in [4.69, 9.17) is 4.42 Å². The minimum Gasteiger partial charge on any atom is -0.462 e. The maximum absolute atomic E-state index is 5.72. The summed E-state index contributed by atoms with van der Waals surface area (Å²) in [5.74, 6) is 0.554. The maximum atomic E-state index is 5.72. The Balaban J connectivity index is 1.61. The third-order valence-electron chi connectivity index (χ3n) is 6.06. The topological polar surface area (TPSA) is 51.8 Å². The van der Waals surface area contributed by atoms with Crippen LogP contribution >= 0.6 is 0 Å². The molecule has 0 amide bonds. The van der Waals surface area contributed by atoms with Crippen molar-refractivity contribution < 1.29 is 4.42 Å². The zero-order valence-electron chi connectivity index (χ0n) is 19.9. The zero-order valence-corrected chi connectivity index (χ0v) is 19.9. The van der Waals surface area contributed by atoms with Gasteiger partial charge in [0, 0.05) is 10.9 Å². The molecule has 3 heterocycles. The van der Waals surface area contributed by atoms with Gasteiger partial charge >= 0.3 is 0 Å². The first-order chi connectivity index (χ1) is 15.8. The molecule has 0 spiro atoms. The summed E-state index contributed by atoms with van der Waals surface area (Å²) in [6.07, 6.45) is 6.25. The van der Waals surface area contributed by atoms with Crippen LogP contribution < -0.4 is 0 Å². The Bertz CT molecular complexity index is 1460. The highest BCUT2D eigenvalue weighted by molar-refractivity contribution is 5.91. The Kier molecular flexibility index (Phi) is 5.24. The highest BCUT2D eigenvalue weighted by Crippen LogP contribution is 2.35. The van der Waals surface area contributed by atoms with Crippen molar-refractivity contribution in [3.05, 3.63) is 78.4 Å². The molecule has 5 aromatic rings. The van der Waals surface area contributed by atoms with Crippen LogP contribution in [0.3, 0.4) is 0 Å². The van der Waals surface area contributed by atoms with E-state index in [0.29, 0.717) is 5.92 Å². The van der Waals surface area contributed by atoms with Gasteiger partial charge in [-0.3, -0.25) is 4.98 Å². The highest BCUT2D eigenvalue weighted by atomic mass is 16.3. The third-order valence-corrected chi connectivity index (χ3v) is 6.06. The number of rotatable bonds is 4. The molecule has 0 fully saturated rings. The lowest BCUT2D eigenvalue weighted by atomic mass is 9.82. The van der Waals surface area contributed by atoms with Crippen molar-refractivity contribution >= 4 is 21.7 Å². The molecule has 0 saturated carbocycles. The van der Waals surface area contributed by atoms with Crippen molar-refractivity contribution in [1.82, 2.24) is 15.0 Å². The van der Waals surface area contributed by atoms with Gasteiger partial charge in [-0.25, -0.2) is 9.97 Å². The van der Waals surface area contributed by atoms with Gasteiger partial charge in [-0.1, -0.05) is 58.9 Å². The van der Waals surface area contributed by atoms with E-state index in [2.05, 4.69) is 92.0 Å². The highest BCUT2D eigenvalue weighted by Gasteiger charge is 2.19. The lowest BCUT2D eigenvalue weighted by Crippen LogP contribution is -2.12. The van der Waals surface area contributed by atoms with E-state index in [9.17, 15) is 0 Å². The van der Waals surface area contributed by atoms with Gasteiger partial charge in [0.05, 0.1) is 29.5 Å². The van der Waals surface area contributed by atoms with Crippen LogP contribution in [0.2, 0.25) is 0 Å². The van der Waals surface area contributed by atoms with Crippen LogP contribution in [0.15, 0.2) is 71.7 Å². The second kappa shape index (κ2) is 8.11. The molecular weight excluding hydrogens is 406 g/mol. The second-order valence-electron chi connectivity index (χ2n) is 10.2. The Morgan fingerprint density at radius 3 is 2.39 bits per heavy atom. The van der Waals surface area contributed by atoms with E-state index in [-0.39, 0.29) is 5.41 Å². The summed E-state index contributed by atoms with van der Waals surface area (Å²) in [4.78, 5) is 13.8. The molecule has 0 atom stereocenters. The summed E-state index contributed by atoms with van der Waals surface area (Å²) in [6, 6.07) is 17.2. The Morgan fingerprint density at radius 1 is 0.848 bits per heavy atom. The van der Waals surface area contributed by atoms with E-state index in [0.717, 1.165) is 40.0 Å². The van der Waals surface area contributed by atoms with Crippen LogP contribution in [0.5, 0.6) is 0 Å². The van der Waals surface area contributed by atoms with Crippen molar-refractivity contribution in [2.45, 2.75) is 46.5 Å². The van der Waals surface area contributed by atoms with Crippen molar-refractivity contribution in [1.29, 1.82) is 0 Å². The van der Waals surface area contributed by atoms with Gasteiger partial charge in [0.25, 0.3) is 0 Å². The molecule has 0 aliphatic rings. The number of furan rings is 1. The van der Waals surface area contributed by atoms with E-state index >= 15 is 0 Å². The third kappa shape index (κ3) is 4.13. The van der Waals surface area contributed by atoms with Crippen LogP contribution in [0.1, 0.15) is 45.7 Å². The number of hydrogen-bond acceptors (Lipinski definition) is 4. The SMILES string of the molecule is CC(C)Cc1coc2cnc(-c3cc(-c4cc(C(C)(C)C)c5ccccc5c4)ncn3)cc12. The standard InChI is InChI=1S/C29H29N3O/c1-18(2)10-21-16-33-28-15-30-26(13-23(21)28)27-14-25(31-17-32-27)20-11-19-8-6-7-9-22(19)24(12-20)29(3,4)5/h6-9,11-18H,10H2,1-5H3. The normalized spacial score (nSPS) is 12.2. The maximum Gasteiger partial charge on any atom is 0.152 e. The number of hydrogen-bond donors (Lipinski definition) is 0. The second-order valence-corrected chi connectivity index (χ2v) is 10.2. The van der Waals surface area contributed by atoms with Gasteiger partial charge in [0.1, 0.15) is 6.33 Å². The summed E-state index contributed by atoms with van der Waals surface area (Å²) >= 11 is 0. The monoisotopic (exact) mass is 435 g/mol. The fourth-order valence-corrected chi connectivity index (χ4v) is 4.46. The van der Waals surface area contributed by atoms with Crippen molar-refractivity contribution in [2.75, 3.05) is 0 Å². The fraction of sp³-hybridized carbons (Fsp3) is 0.276. The molecule has 4 heteroatoms. The smallest absolute Gasteiger partial charge is 0.152 e. The largest absolute Gasteiger partial charge is 0.462 e. The molecule has 0 saturated heterocycles. The zero-order chi connectivity index (χ0) is 23.2. The van der Waals surface area contributed by atoms with Crippen molar-refractivity contribution in [3.8, 4) is 22.6 Å². The van der Waals surface area contributed by atoms with Gasteiger partial charge in [-0.2, -0.15) is 0 Å². The number of benzene rings is 2. The minimum atomic E-state index is 0.0200. The van der Waals surface area contributed by atoms with Gasteiger partial charge in [0.15, 0.2) is 5.58 Å². The summed E-state index contributed by atoms with van der Waals surface area (Å²) in [7, 11) is 0. The summed E-state index contributed by atoms with van der Waals surface area (Å²) in [5, 5.41) is 3.61. The van der Waals surface area contributed by atoms with Crippen LogP contribution in [0.4, 0.5) is 0 Å². The summed E-state index contributed by atoms with van der Waals surface area (Å²) < 4.78 is 5.72. The Morgan fingerprint density at radius 2 is 1.61 bits per heavy atom. The van der Waals surface area contributed by atoms with Gasteiger partial charge in [-0.15, -0.1) is 0 Å². The molecular formula is C29H29N3O. The minimum absolute atomic E-state index is 0.0200. The molecule has 0 aliphatic carbocycles.